The maximum atomic E-state index is 11.5. The molecule has 0 spiro atoms. The Bertz CT molecular complexity index is 707. The molecule has 0 aliphatic heterocycles. The highest BCUT2D eigenvalue weighted by molar-refractivity contribution is 7.09. The van der Waals surface area contributed by atoms with E-state index in [1.807, 2.05) is 23.6 Å². The fourth-order valence-corrected chi connectivity index (χ4v) is 2.30. The van der Waals surface area contributed by atoms with Crippen LogP contribution < -0.4 is 10.1 Å². The lowest BCUT2D eigenvalue weighted by Gasteiger charge is -2.08. The number of rotatable bonds is 7. The van der Waals surface area contributed by atoms with Gasteiger partial charge in [0.25, 0.3) is 5.91 Å². The number of carbonyl (C=O) groups excluding carboxylic acids is 2. The van der Waals surface area contributed by atoms with Gasteiger partial charge in [-0.2, -0.15) is 5.26 Å². The number of esters is 1. The molecule has 2 aromatic rings. The summed E-state index contributed by atoms with van der Waals surface area (Å²) in [5, 5.41) is 13.5. The van der Waals surface area contributed by atoms with Gasteiger partial charge < -0.3 is 14.8 Å². The highest BCUT2D eigenvalue weighted by atomic mass is 32.1. The number of hydrogen-bond donors (Lipinski definition) is 1. The zero-order valence-electron chi connectivity index (χ0n) is 12.2. The third kappa shape index (κ3) is 5.45. The van der Waals surface area contributed by atoms with Crippen LogP contribution in [0.15, 0.2) is 41.8 Å². The van der Waals surface area contributed by atoms with Gasteiger partial charge >= 0.3 is 5.97 Å². The van der Waals surface area contributed by atoms with Gasteiger partial charge in [-0.1, -0.05) is 18.2 Å². The van der Waals surface area contributed by atoms with Crippen molar-refractivity contribution in [1.29, 1.82) is 5.26 Å². The van der Waals surface area contributed by atoms with Crippen molar-refractivity contribution in [2.24, 2.45) is 0 Å². The number of ether oxygens (including phenoxy) is 2. The summed E-state index contributed by atoms with van der Waals surface area (Å²) in [5.41, 5.74) is 0.328. The van der Waals surface area contributed by atoms with Crippen LogP contribution in [0.25, 0.3) is 0 Å². The SMILES string of the molecule is N#Cc1ccccc1OCC(=O)OCC(=O)NCc1cccs1. The summed E-state index contributed by atoms with van der Waals surface area (Å²) in [6.45, 7) is -0.329. The highest BCUT2D eigenvalue weighted by Crippen LogP contribution is 2.16. The summed E-state index contributed by atoms with van der Waals surface area (Å²) in [4.78, 5) is 24.1. The zero-order chi connectivity index (χ0) is 16.5. The fraction of sp³-hybridized carbons (Fsp3) is 0.188. The predicted molar refractivity (Wildman–Crippen MR) is 83.8 cm³/mol. The maximum Gasteiger partial charge on any atom is 0.344 e. The maximum absolute atomic E-state index is 11.5. The van der Waals surface area contributed by atoms with Crippen LogP contribution in [0.4, 0.5) is 0 Å². The first-order chi connectivity index (χ1) is 11.2. The molecule has 7 heteroatoms. The molecule has 1 heterocycles. The van der Waals surface area contributed by atoms with E-state index in [0.29, 0.717) is 17.9 Å². The average Bonchev–Trinajstić information content (AvgIpc) is 3.10. The Balaban J connectivity index is 1.68. The topological polar surface area (TPSA) is 88.4 Å². The van der Waals surface area contributed by atoms with Crippen molar-refractivity contribution in [1.82, 2.24) is 5.32 Å². The molecule has 0 aliphatic carbocycles. The summed E-state index contributed by atoms with van der Waals surface area (Å²) < 4.78 is 10.0. The van der Waals surface area contributed by atoms with E-state index in [-0.39, 0.29) is 19.1 Å². The molecular formula is C16H14N2O4S. The number of para-hydroxylation sites is 1. The number of benzene rings is 1. The Hall–Kier alpha value is -2.85. The minimum Gasteiger partial charge on any atom is -0.481 e. The standard InChI is InChI=1S/C16H14N2O4S/c17-8-12-4-1-2-6-14(12)21-11-16(20)22-10-15(19)18-9-13-5-3-7-23-13/h1-7H,9-11H2,(H,18,19). The molecule has 2 rings (SSSR count). The molecule has 23 heavy (non-hydrogen) atoms. The largest absolute Gasteiger partial charge is 0.481 e. The summed E-state index contributed by atoms with van der Waals surface area (Å²) in [5.74, 6) is -0.762. The van der Waals surface area contributed by atoms with E-state index in [2.05, 4.69) is 5.32 Å². The van der Waals surface area contributed by atoms with E-state index in [1.165, 1.54) is 11.3 Å². The lowest BCUT2D eigenvalue weighted by atomic mass is 10.2. The van der Waals surface area contributed by atoms with Gasteiger partial charge in [-0.15, -0.1) is 11.3 Å². The van der Waals surface area contributed by atoms with Crippen LogP contribution >= 0.6 is 11.3 Å². The van der Waals surface area contributed by atoms with Gasteiger partial charge in [-0.3, -0.25) is 4.79 Å². The fourth-order valence-electron chi connectivity index (χ4n) is 1.66. The van der Waals surface area contributed by atoms with E-state index >= 15 is 0 Å². The molecule has 0 bridgehead atoms. The second-order valence-electron chi connectivity index (χ2n) is 4.41. The van der Waals surface area contributed by atoms with Gasteiger partial charge in [-0.25, -0.2) is 4.79 Å². The van der Waals surface area contributed by atoms with Crippen LogP contribution in [0.3, 0.4) is 0 Å². The van der Waals surface area contributed by atoms with Crippen LogP contribution in [0, 0.1) is 11.3 Å². The van der Waals surface area contributed by atoms with Crippen LogP contribution in [0.1, 0.15) is 10.4 Å². The van der Waals surface area contributed by atoms with Crippen molar-refractivity contribution >= 4 is 23.2 Å². The van der Waals surface area contributed by atoms with Crippen molar-refractivity contribution in [3.8, 4) is 11.8 Å². The summed E-state index contributed by atoms with van der Waals surface area (Å²) >= 11 is 1.53. The van der Waals surface area contributed by atoms with Crippen LogP contribution in [0.2, 0.25) is 0 Å². The van der Waals surface area contributed by atoms with E-state index in [4.69, 9.17) is 14.7 Å². The Morgan fingerprint density at radius 1 is 1.17 bits per heavy atom. The molecule has 0 unspecified atom stereocenters. The normalized spacial score (nSPS) is 9.70. The lowest BCUT2D eigenvalue weighted by molar-refractivity contribution is -0.150. The zero-order valence-corrected chi connectivity index (χ0v) is 13.0. The monoisotopic (exact) mass is 330 g/mol. The second kappa shape index (κ2) is 8.56. The molecule has 1 amide bonds. The number of hydrogen-bond acceptors (Lipinski definition) is 6. The number of thiophene rings is 1. The minimum absolute atomic E-state index is 0.300. The summed E-state index contributed by atoms with van der Waals surface area (Å²) in [6.07, 6.45) is 0. The van der Waals surface area contributed by atoms with Gasteiger partial charge in [0.1, 0.15) is 11.8 Å². The molecule has 1 aromatic carbocycles. The highest BCUT2D eigenvalue weighted by Gasteiger charge is 2.10. The molecule has 0 aliphatic rings. The molecule has 1 N–H and O–H groups in total. The third-order valence-electron chi connectivity index (χ3n) is 2.76. The van der Waals surface area contributed by atoms with Gasteiger partial charge in [0.05, 0.1) is 12.1 Å². The number of amides is 1. The van der Waals surface area contributed by atoms with E-state index in [0.717, 1.165) is 4.88 Å². The van der Waals surface area contributed by atoms with Crippen LogP contribution in [-0.4, -0.2) is 25.1 Å². The first-order valence-electron chi connectivity index (χ1n) is 6.75. The lowest BCUT2D eigenvalue weighted by Crippen LogP contribution is -2.29. The summed E-state index contributed by atoms with van der Waals surface area (Å²) in [6, 6.07) is 12.3. The van der Waals surface area contributed by atoms with Crippen molar-refractivity contribution < 1.29 is 19.1 Å². The molecule has 6 nitrogen and oxygen atoms in total. The van der Waals surface area contributed by atoms with Crippen molar-refractivity contribution in [3.63, 3.8) is 0 Å². The number of nitriles is 1. The van der Waals surface area contributed by atoms with Gasteiger partial charge in [-0.05, 0) is 23.6 Å². The first kappa shape index (κ1) is 16.5. The quantitative estimate of drug-likeness (QED) is 0.783. The van der Waals surface area contributed by atoms with Crippen molar-refractivity contribution in [3.05, 3.63) is 52.2 Å². The molecule has 0 atom stereocenters. The van der Waals surface area contributed by atoms with E-state index in [1.54, 1.807) is 24.3 Å². The second-order valence-corrected chi connectivity index (χ2v) is 5.45. The smallest absolute Gasteiger partial charge is 0.344 e. The number of nitrogens with one attached hydrogen (secondary N) is 1. The number of nitrogens with zero attached hydrogens (tertiary/aromatic N) is 1. The predicted octanol–water partition coefficient (Wildman–Crippen LogP) is 1.86. The molecule has 0 radical (unpaired) electrons. The summed E-state index contributed by atoms with van der Waals surface area (Å²) in [7, 11) is 0. The van der Waals surface area contributed by atoms with Gasteiger partial charge in [0.2, 0.25) is 0 Å². The molecular weight excluding hydrogens is 316 g/mol. The molecule has 1 aromatic heterocycles. The van der Waals surface area contributed by atoms with Crippen molar-refractivity contribution in [2.45, 2.75) is 6.54 Å². The van der Waals surface area contributed by atoms with Gasteiger partial charge in [0, 0.05) is 4.88 Å². The van der Waals surface area contributed by atoms with Crippen LogP contribution in [0.5, 0.6) is 5.75 Å². The van der Waals surface area contributed by atoms with E-state index in [9.17, 15) is 9.59 Å². The third-order valence-corrected chi connectivity index (χ3v) is 3.63. The van der Waals surface area contributed by atoms with Crippen LogP contribution in [-0.2, 0) is 20.9 Å². The molecule has 0 saturated heterocycles. The Morgan fingerprint density at radius 2 is 2.00 bits per heavy atom. The molecule has 0 saturated carbocycles. The average molecular weight is 330 g/mol. The minimum atomic E-state index is -0.677. The molecule has 118 valence electrons. The Morgan fingerprint density at radius 3 is 2.74 bits per heavy atom. The van der Waals surface area contributed by atoms with Crippen molar-refractivity contribution in [2.75, 3.05) is 13.2 Å². The van der Waals surface area contributed by atoms with E-state index < -0.39 is 5.97 Å². The first-order valence-corrected chi connectivity index (χ1v) is 7.63. The Labute approximate surface area is 137 Å². The number of carbonyl (C=O) groups is 2. The molecule has 0 fully saturated rings. The van der Waals surface area contributed by atoms with Gasteiger partial charge in [0.15, 0.2) is 13.2 Å². The Kier molecular flexibility index (Phi) is 6.15.